The van der Waals surface area contributed by atoms with Crippen molar-refractivity contribution in [3.05, 3.63) is 53.6 Å². The van der Waals surface area contributed by atoms with E-state index in [4.69, 9.17) is 9.47 Å². The summed E-state index contributed by atoms with van der Waals surface area (Å²) < 4.78 is 39.0. The number of nitrogens with zero attached hydrogens (tertiary/aromatic N) is 1. The SMILES string of the molecule is C[C@@H]1CN(S(=O)(=O)c2ccc(NC(=O)c3cccc4c3O[C@H](C)[C@@H]4C)cc2)C[C@H](C)O1. The summed E-state index contributed by atoms with van der Waals surface area (Å²) in [5.41, 5.74) is 2.02. The maximum absolute atomic E-state index is 13.0. The van der Waals surface area contributed by atoms with Crippen LogP contribution in [0.15, 0.2) is 47.4 Å². The van der Waals surface area contributed by atoms with E-state index in [-0.39, 0.29) is 35.0 Å². The fraction of sp³-hybridized carbons (Fsp3) is 0.435. The van der Waals surface area contributed by atoms with Crippen molar-refractivity contribution in [2.24, 2.45) is 0 Å². The van der Waals surface area contributed by atoms with Crippen molar-refractivity contribution in [1.82, 2.24) is 4.31 Å². The Labute approximate surface area is 183 Å². The number of anilines is 1. The Morgan fingerprint density at radius 3 is 2.29 bits per heavy atom. The van der Waals surface area contributed by atoms with Crippen LogP contribution >= 0.6 is 0 Å². The summed E-state index contributed by atoms with van der Waals surface area (Å²) in [5, 5.41) is 2.84. The summed E-state index contributed by atoms with van der Waals surface area (Å²) >= 11 is 0. The quantitative estimate of drug-likeness (QED) is 0.779. The van der Waals surface area contributed by atoms with Crippen molar-refractivity contribution in [3.63, 3.8) is 0 Å². The lowest BCUT2D eigenvalue weighted by Gasteiger charge is -2.34. The minimum absolute atomic E-state index is 0.0130. The average Bonchev–Trinajstić information content (AvgIpc) is 3.01. The van der Waals surface area contributed by atoms with Gasteiger partial charge in [-0.1, -0.05) is 19.1 Å². The molecule has 0 radical (unpaired) electrons. The highest BCUT2D eigenvalue weighted by atomic mass is 32.2. The van der Waals surface area contributed by atoms with E-state index in [1.165, 1.54) is 16.4 Å². The molecular formula is C23H28N2O5S. The van der Waals surface area contributed by atoms with Gasteiger partial charge in [0.05, 0.1) is 22.7 Å². The molecule has 1 saturated heterocycles. The van der Waals surface area contributed by atoms with Crippen LogP contribution in [0.25, 0.3) is 0 Å². The molecule has 0 aliphatic carbocycles. The molecule has 2 aliphatic rings. The second kappa shape index (κ2) is 8.26. The maximum Gasteiger partial charge on any atom is 0.259 e. The predicted molar refractivity (Wildman–Crippen MR) is 118 cm³/mol. The van der Waals surface area contributed by atoms with E-state index in [0.717, 1.165) is 5.56 Å². The highest BCUT2D eigenvalue weighted by molar-refractivity contribution is 7.89. The van der Waals surface area contributed by atoms with E-state index in [9.17, 15) is 13.2 Å². The molecule has 1 amide bonds. The monoisotopic (exact) mass is 444 g/mol. The lowest BCUT2D eigenvalue weighted by molar-refractivity contribution is -0.0440. The summed E-state index contributed by atoms with van der Waals surface area (Å²) in [5.74, 6) is 0.553. The average molecular weight is 445 g/mol. The van der Waals surface area contributed by atoms with Gasteiger partial charge in [0.1, 0.15) is 11.9 Å². The number of fused-ring (bicyclic) bond motifs is 1. The van der Waals surface area contributed by atoms with Gasteiger partial charge in [0, 0.05) is 30.3 Å². The van der Waals surface area contributed by atoms with Crippen molar-refractivity contribution in [1.29, 1.82) is 0 Å². The van der Waals surface area contributed by atoms with E-state index in [1.807, 2.05) is 32.9 Å². The van der Waals surface area contributed by atoms with Gasteiger partial charge in [0.25, 0.3) is 5.91 Å². The van der Waals surface area contributed by atoms with Crippen LogP contribution in [0.5, 0.6) is 5.75 Å². The minimum atomic E-state index is -3.62. The highest BCUT2D eigenvalue weighted by Crippen LogP contribution is 2.40. The van der Waals surface area contributed by atoms with Crippen LogP contribution < -0.4 is 10.1 Å². The van der Waals surface area contributed by atoms with E-state index >= 15 is 0 Å². The van der Waals surface area contributed by atoms with E-state index < -0.39 is 10.0 Å². The van der Waals surface area contributed by atoms with Crippen molar-refractivity contribution in [2.45, 2.75) is 56.8 Å². The van der Waals surface area contributed by atoms with Gasteiger partial charge in [-0.05, 0) is 51.1 Å². The molecule has 4 rings (SSSR count). The molecule has 2 aromatic rings. The van der Waals surface area contributed by atoms with Crippen molar-refractivity contribution < 1.29 is 22.7 Å². The van der Waals surface area contributed by atoms with Crippen molar-refractivity contribution in [2.75, 3.05) is 18.4 Å². The second-order valence-corrected chi connectivity index (χ2v) is 10.3. The van der Waals surface area contributed by atoms with E-state index in [0.29, 0.717) is 30.1 Å². The van der Waals surface area contributed by atoms with Crippen LogP contribution in [0.4, 0.5) is 5.69 Å². The Morgan fingerprint density at radius 1 is 1.00 bits per heavy atom. The molecule has 7 nitrogen and oxygen atoms in total. The molecule has 8 heteroatoms. The smallest absolute Gasteiger partial charge is 0.259 e. The van der Waals surface area contributed by atoms with Gasteiger partial charge in [0.15, 0.2) is 0 Å². The van der Waals surface area contributed by atoms with Crippen molar-refractivity contribution >= 4 is 21.6 Å². The van der Waals surface area contributed by atoms with Crippen molar-refractivity contribution in [3.8, 4) is 5.75 Å². The number of benzene rings is 2. The summed E-state index contributed by atoms with van der Waals surface area (Å²) in [6.45, 7) is 8.43. The first kappa shape index (κ1) is 21.8. The Hall–Kier alpha value is -2.42. The number of carbonyl (C=O) groups excluding carboxylic acids is 1. The second-order valence-electron chi connectivity index (χ2n) is 8.39. The molecule has 166 valence electrons. The summed E-state index contributed by atoms with van der Waals surface area (Å²) in [6, 6.07) is 11.8. The van der Waals surface area contributed by atoms with Gasteiger partial charge in [-0.2, -0.15) is 4.31 Å². The Morgan fingerprint density at radius 2 is 1.65 bits per heavy atom. The highest BCUT2D eigenvalue weighted by Gasteiger charge is 2.33. The molecule has 0 aromatic heterocycles. The zero-order chi connectivity index (χ0) is 22.3. The lowest BCUT2D eigenvalue weighted by Crippen LogP contribution is -2.48. The summed E-state index contributed by atoms with van der Waals surface area (Å²) in [6.07, 6.45) is -0.297. The van der Waals surface area contributed by atoms with Gasteiger partial charge in [0.2, 0.25) is 10.0 Å². The lowest BCUT2D eigenvalue weighted by atomic mass is 9.97. The number of ether oxygens (including phenoxy) is 2. The fourth-order valence-electron chi connectivity index (χ4n) is 4.15. The van der Waals surface area contributed by atoms with Crippen LogP contribution in [0.3, 0.4) is 0 Å². The number of rotatable bonds is 4. The third-order valence-corrected chi connectivity index (χ3v) is 7.77. The molecule has 0 bridgehead atoms. The summed E-state index contributed by atoms with van der Waals surface area (Å²) in [4.78, 5) is 13.0. The standard InChI is InChI=1S/C23H28N2O5S/c1-14-12-25(13-15(2)29-14)31(27,28)19-10-8-18(9-11-19)24-23(26)21-7-5-6-20-16(3)17(4)30-22(20)21/h5-11,14-17H,12-13H2,1-4H3,(H,24,26)/t14-,15+,16-,17+/m0/s1. The Kier molecular flexibility index (Phi) is 5.81. The van der Waals surface area contributed by atoms with Gasteiger partial charge >= 0.3 is 0 Å². The molecule has 0 saturated carbocycles. The number of morpholine rings is 1. The molecular weight excluding hydrogens is 416 g/mol. The number of carbonyl (C=O) groups is 1. The normalized spacial score (nSPS) is 26.2. The maximum atomic E-state index is 13.0. The van der Waals surface area contributed by atoms with E-state index in [1.54, 1.807) is 18.2 Å². The number of hydrogen-bond donors (Lipinski definition) is 1. The van der Waals surface area contributed by atoms with Gasteiger partial charge < -0.3 is 14.8 Å². The number of para-hydroxylation sites is 1. The Bertz CT molecular complexity index is 1070. The van der Waals surface area contributed by atoms with Crippen LogP contribution in [-0.2, 0) is 14.8 Å². The molecule has 2 aromatic carbocycles. The Balaban J connectivity index is 1.50. The summed E-state index contributed by atoms with van der Waals surface area (Å²) in [7, 11) is -3.62. The number of nitrogens with one attached hydrogen (secondary N) is 1. The zero-order valence-corrected chi connectivity index (χ0v) is 19.0. The molecule has 1 fully saturated rings. The third-order valence-electron chi connectivity index (χ3n) is 5.92. The van der Waals surface area contributed by atoms with Gasteiger partial charge in [-0.25, -0.2) is 8.42 Å². The van der Waals surface area contributed by atoms with Gasteiger partial charge in [-0.3, -0.25) is 4.79 Å². The predicted octanol–water partition coefficient (Wildman–Crippen LogP) is 3.62. The van der Waals surface area contributed by atoms with Crippen LogP contribution in [0, 0.1) is 0 Å². The van der Waals surface area contributed by atoms with Crippen LogP contribution in [0.1, 0.15) is 49.5 Å². The minimum Gasteiger partial charge on any atom is -0.489 e. The largest absolute Gasteiger partial charge is 0.489 e. The molecule has 2 aliphatic heterocycles. The topological polar surface area (TPSA) is 84.9 Å². The number of sulfonamides is 1. The molecule has 0 unspecified atom stereocenters. The van der Waals surface area contributed by atoms with Crippen LogP contribution in [-0.4, -0.2) is 50.0 Å². The first-order chi connectivity index (χ1) is 14.7. The molecule has 31 heavy (non-hydrogen) atoms. The number of hydrogen-bond acceptors (Lipinski definition) is 5. The van der Waals surface area contributed by atoms with Crippen LogP contribution in [0.2, 0.25) is 0 Å². The molecule has 0 spiro atoms. The zero-order valence-electron chi connectivity index (χ0n) is 18.2. The fourth-order valence-corrected chi connectivity index (χ4v) is 5.74. The first-order valence-electron chi connectivity index (χ1n) is 10.5. The van der Waals surface area contributed by atoms with Gasteiger partial charge in [-0.15, -0.1) is 0 Å². The molecule has 1 N–H and O–H groups in total. The van der Waals surface area contributed by atoms with E-state index in [2.05, 4.69) is 12.2 Å². The number of amides is 1. The third kappa shape index (κ3) is 4.20. The molecule has 2 heterocycles. The molecule has 4 atom stereocenters. The first-order valence-corrected chi connectivity index (χ1v) is 12.0.